The van der Waals surface area contributed by atoms with Crippen LogP contribution in [0.2, 0.25) is 0 Å². The molecule has 2 N–H and O–H groups in total. The van der Waals surface area contributed by atoms with Crippen LogP contribution >= 0.6 is 0 Å². The molecule has 1 aliphatic rings. The van der Waals surface area contributed by atoms with Crippen LogP contribution in [0.3, 0.4) is 0 Å². The van der Waals surface area contributed by atoms with Gasteiger partial charge in [0.2, 0.25) is 0 Å². The Balaban J connectivity index is 1.97. The highest BCUT2D eigenvalue weighted by Gasteiger charge is 2.43. The fraction of sp³-hybridized carbons (Fsp3) is 0.478. The molecule has 2 aromatic carbocycles. The van der Waals surface area contributed by atoms with Crippen molar-refractivity contribution < 1.29 is 50.4 Å². The van der Waals surface area contributed by atoms with E-state index in [1.807, 2.05) is 0 Å². The molecule has 0 aliphatic carbocycles. The summed E-state index contributed by atoms with van der Waals surface area (Å²) in [7, 11) is 0. The second kappa shape index (κ2) is 10.2. The maximum Gasteiger partial charge on any atom is 0.416 e. The van der Waals surface area contributed by atoms with Gasteiger partial charge in [-0.1, -0.05) is 12.1 Å². The first-order valence-corrected chi connectivity index (χ1v) is 10.4. The van der Waals surface area contributed by atoms with Crippen molar-refractivity contribution in [3.05, 3.63) is 70.5 Å². The zero-order chi connectivity index (χ0) is 25.3. The second-order valence-corrected chi connectivity index (χ2v) is 8.19. The number of rotatable bonds is 6. The normalized spacial score (nSPS) is 24.8. The fourth-order valence-electron chi connectivity index (χ4n) is 4.10. The van der Waals surface area contributed by atoms with E-state index in [-0.39, 0.29) is 24.8 Å². The highest BCUT2D eigenvalue weighted by Crippen LogP contribution is 2.42. The number of hydrogen-bond acceptors (Lipinski definition) is 4. The van der Waals surface area contributed by atoms with E-state index < -0.39 is 66.1 Å². The van der Waals surface area contributed by atoms with Crippen molar-refractivity contribution in [2.75, 3.05) is 19.8 Å². The number of alkyl halides is 6. The minimum atomic E-state index is -5.01. The standard InChI is InChI=1S/C23H23F7O4/c1-12(14-6-16(22(25,26)27)8-17(7-14)23(28,29)30)34-21-20(13-2-4-18(24)5-3-13)19(10-32)15(9-31)11-33-21/h2-8,12,15,19-21,31-32H,9-11H2,1H3/t12-,15+,19-,20+,21-/m1/s1. The van der Waals surface area contributed by atoms with Crippen molar-refractivity contribution in [1.82, 2.24) is 0 Å². The van der Waals surface area contributed by atoms with Crippen molar-refractivity contribution >= 4 is 0 Å². The fourth-order valence-corrected chi connectivity index (χ4v) is 4.10. The summed E-state index contributed by atoms with van der Waals surface area (Å²) in [5.41, 5.74) is -2.84. The Labute approximate surface area is 190 Å². The Morgan fingerprint density at radius 2 is 1.50 bits per heavy atom. The van der Waals surface area contributed by atoms with E-state index in [9.17, 15) is 40.9 Å². The quantitative estimate of drug-likeness (QED) is 0.534. The monoisotopic (exact) mass is 496 g/mol. The molecule has 188 valence electrons. The molecule has 34 heavy (non-hydrogen) atoms. The number of hydrogen-bond donors (Lipinski definition) is 2. The van der Waals surface area contributed by atoms with E-state index in [2.05, 4.69) is 0 Å². The topological polar surface area (TPSA) is 58.9 Å². The predicted octanol–water partition coefficient (Wildman–Crippen LogP) is 5.30. The molecule has 5 atom stereocenters. The molecule has 0 radical (unpaired) electrons. The first-order valence-electron chi connectivity index (χ1n) is 10.4. The first kappa shape index (κ1) is 26.4. The van der Waals surface area contributed by atoms with Crippen molar-refractivity contribution in [2.45, 2.75) is 37.6 Å². The smallest absolute Gasteiger partial charge is 0.396 e. The summed E-state index contributed by atoms with van der Waals surface area (Å²) in [6.07, 6.45) is -12.5. The summed E-state index contributed by atoms with van der Waals surface area (Å²) in [4.78, 5) is 0. The van der Waals surface area contributed by atoms with Gasteiger partial charge in [-0.2, -0.15) is 26.3 Å². The number of aliphatic hydroxyl groups is 2. The van der Waals surface area contributed by atoms with E-state index >= 15 is 0 Å². The van der Waals surface area contributed by atoms with Crippen LogP contribution in [0.5, 0.6) is 0 Å². The molecule has 0 amide bonds. The Morgan fingerprint density at radius 1 is 0.941 bits per heavy atom. The maximum atomic E-state index is 13.4. The lowest BCUT2D eigenvalue weighted by molar-refractivity contribution is -0.229. The van der Waals surface area contributed by atoms with Crippen molar-refractivity contribution in [1.29, 1.82) is 0 Å². The SMILES string of the molecule is C[C@@H](O[C@H]1OC[C@H](CO)[C@@H](CO)[C@@H]1c1ccc(F)cc1)c1cc(C(F)(F)F)cc(C(F)(F)F)c1. The third kappa shape index (κ3) is 5.88. The Morgan fingerprint density at radius 3 is 1.97 bits per heavy atom. The minimum absolute atomic E-state index is 0.0300. The molecule has 1 fully saturated rings. The summed E-state index contributed by atoms with van der Waals surface area (Å²) in [6, 6.07) is 6.34. The van der Waals surface area contributed by atoms with Crippen LogP contribution in [-0.2, 0) is 21.8 Å². The van der Waals surface area contributed by atoms with Gasteiger partial charge in [0, 0.05) is 31.0 Å². The summed E-state index contributed by atoms with van der Waals surface area (Å²) in [5, 5.41) is 19.6. The molecule has 1 aliphatic heterocycles. The molecule has 2 aromatic rings. The zero-order valence-electron chi connectivity index (χ0n) is 17.9. The largest absolute Gasteiger partial charge is 0.416 e. The van der Waals surface area contributed by atoms with E-state index in [0.29, 0.717) is 17.7 Å². The van der Waals surface area contributed by atoms with Gasteiger partial charge in [-0.15, -0.1) is 0 Å². The average Bonchev–Trinajstić information content (AvgIpc) is 2.77. The van der Waals surface area contributed by atoms with Gasteiger partial charge >= 0.3 is 12.4 Å². The third-order valence-electron chi connectivity index (χ3n) is 5.95. The van der Waals surface area contributed by atoms with Crippen LogP contribution in [0.1, 0.15) is 41.2 Å². The second-order valence-electron chi connectivity index (χ2n) is 8.19. The number of benzene rings is 2. The van der Waals surface area contributed by atoms with Crippen LogP contribution < -0.4 is 0 Å². The number of halogens is 7. The van der Waals surface area contributed by atoms with E-state index in [1.54, 1.807) is 0 Å². The third-order valence-corrected chi connectivity index (χ3v) is 5.95. The minimum Gasteiger partial charge on any atom is -0.396 e. The number of aliphatic hydroxyl groups excluding tert-OH is 2. The van der Waals surface area contributed by atoms with E-state index in [1.165, 1.54) is 19.1 Å². The Hall–Kier alpha value is -2.21. The maximum absolute atomic E-state index is 13.4. The molecule has 0 bridgehead atoms. The van der Waals surface area contributed by atoms with Gasteiger partial charge in [-0.05, 0) is 48.4 Å². The van der Waals surface area contributed by atoms with Gasteiger partial charge in [0.25, 0.3) is 0 Å². The summed E-state index contributed by atoms with van der Waals surface area (Å²) < 4.78 is 104. The predicted molar refractivity (Wildman–Crippen MR) is 106 cm³/mol. The van der Waals surface area contributed by atoms with Gasteiger partial charge in [-0.25, -0.2) is 4.39 Å². The van der Waals surface area contributed by atoms with E-state index in [4.69, 9.17) is 9.47 Å². The molecule has 4 nitrogen and oxygen atoms in total. The molecular weight excluding hydrogens is 473 g/mol. The van der Waals surface area contributed by atoms with Gasteiger partial charge < -0.3 is 19.7 Å². The molecule has 11 heteroatoms. The molecule has 3 rings (SSSR count). The first-order chi connectivity index (χ1) is 15.8. The average molecular weight is 496 g/mol. The highest BCUT2D eigenvalue weighted by atomic mass is 19.4. The lowest BCUT2D eigenvalue weighted by Gasteiger charge is -2.42. The molecule has 0 aromatic heterocycles. The summed E-state index contributed by atoms with van der Waals surface area (Å²) >= 11 is 0. The van der Waals surface area contributed by atoms with Crippen molar-refractivity contribution in [3.63, 3.8) is 0 Å². The molecule has 1 saturated heterocycles. The summed E-state index contributed by atoms with van der Waals surface area (Å²) in [6.45, 7) is 0.473. The zero-order valence-corrected chi connectivity index (χ0v) is 17.9. The Bertz CT molecular complexity index is 927. The molecule has 0 spiro atoms. The summed E-state index contributed by atoms with van der Waals surface area (Å²) in [5.74, 6) is -2.43. The van der Waals surface area contributed by atoms with Crippen LogP contribution in [0.25, 0.3) is 0 Å². The van der Waals surface area contributed by atoms with Crippen molar-refractivity contribution in [2.24, 2.45) is 11.8 Å². The van der Waals surface area contributed by atoms with Gasteiger partial charge in [-0.3, -0.25) is 0 Å². The van der Waals surface area contributed by atoms with Crippen LogP contribution in [0.15, 0.2) is 42.5 Å². The van der Waals surface area contributed by atoms with Crippen LogP contribution in [-0.4, -0.2) is 36.3 Å². The molecule has 1 heterocycles. The molecular formula is C23H23F7O4. The molecule has 0 unspecified atom stereocenters. The lowest BCUT2D eigenvalue weighted by Crippen LogP contribution is -2.45. The van der Waals surface area contributed by atoms with Gasteiger partial charge in [0.05, 0.1) is 23.8 Å². The number of ether oxygens (including phenoxy) is 2. The molecule has 0 saturated carbocycles. The highest BCUT2D eigenvalue weighted by molar-refractivity contribution is 5.35. The van der Waals surface area contributed by atoms with Gasteiger partial charge in [0.15, 0.2) is 6.29 Å². The van der Waals surface area contributed by atoms with Crippen molar-refractivity contribution in [3.8, 4) is 0 Å². The lowest BCUT2D eigenvalue weighted by atomic mass is 9.76. The van der Waals surface area contributed by atoms with E-state index in [0.717, 1.165) is 12.1 Å². The van der Waals surface area contributed by atoms with Crippen LogP contribution in [0, 0.1) is 17.7 Å². The Kier molecular flexibility index (Phi) is 7.91. The van der Waals surface area contributed by atoms with Crippen LogP contribution in [0.4, 0.5) is 30.7 Å². The van der Waals surface area contributed by atoms with Gasteiger partial charge in [0.1, 0.15) is 5.82 Å².